The van der Waals surface area contributed by atoms with Gasteiger partial charge in [-0.2, -0.15) is 0 Å². The molecule has 0 aliphatic heterocycles. The van der Waals surface area contributed by atoms with Crippen LogP contribution in [0.4, 0.5) is 16.5 Å². The molecule has 1 heterocycles. The Labute approximate surface area is 128 Å². The zero-order valence-electron chi connectivity index (χ0n) is 12.5. The first-order valence-corrected chi connectivity index (χ1v) is 7.78. The first kappa shape index (κ1) is 13.9. The number of nitrogens with zero attached hydrogens (tertiary/aromatic N) is 1. The molecule has 0 unspecified atom stereocenters. The van der Waals surface area contributed by atoms with Crippen LogP contribution in [0.3, 0.4) is 0 Å². The lowest BCUT2D eigenvalue weighted by Crippen LogP contribution is -2.13. The summed E-state index contributed by atoms with van der Waals surface area (Å²) in [6.07, 6.45) is 0. The first-order chi connectivity index (χ1) is 9.93. The van der Waals surface area contributed by atoms with Crippen molar-refractivity contribution < 1.29 is 0 Å². The van der Waals surface area contributed by atoms with E-state index in [0.717, 1.165) is 26.7 Å². The van der Waals surface area contributed by atoms with Gasteiger partial charge in [-0.05, 0) is 35.2 Å². The molecule has 4 heteroatoms. The quantitative estimate of drug-likeness (QED) is 0.660. The van der Waals surface area contributed by atoms with E-state index < -0.39 is 0 Å². The van der Waals surface area contributed by atoms with Gasteiger partial charge >= 0.3 is 0 Å². The van der Waals surface area contributed by atoms with Crippen molar-refractivity contribution in [2.45, 2.75) is 26.2 Å². The summed E-state index contributed by atoms with van der Waals surface area (Å²) in [7, 11) is 0. The molecule has 108 valence electrons. The Hall–Kier alpha value is -2.07. The maximum Gasteiger partial charge on any atom is 0.188 e. The van der Waals surface area contributed by atoms with Gasteiger partial charge in [-0.1, -0.05) is 50.3 Å². The van der Waals surface area contributed by atoms with Crippen molar-refractivity contribution in [3.8, 4) is 0 Å². The molecule has 3 nitrogen and oxygen atoms in total. The van der Waals surface area contributed by atoms with E-state index in [1.807, 2.05) is 24.3 Å². The molecule has 3 N–H and O–H groups in total. The summed E-state index contributed by atoms with van der Waals surface area (Å²) in [6.45, 7) is 6.64. The molecule has 0 aliphatic rings. The van der Waals surface area contributed by atoms with Crippen LogP contribution in [0.5, 0.6) is 0 Å². The number of nitrogens with one attached hydrogen (secondary N) is 1. The van der Waals surface area contributed by atoms with Crippen molar-refractivity contribution in [3.05, 3.63) is 48.0 Å². The van der Waals surface area contributed by atoms with Gasteiger partial charge in [0, 0.05) is 11.4 Å². The van der Waals surface area contributed by atoms with Gasteiger partial charge in [-0.15, -0.1) is 0 Å². The van der Waals surface area contributed by atoms with Crippen molar-refractivity contribution in [2.75, 3.05) is 11.1 Å². The fourth-order valence-electron chi connectivity index (χ4n) is 2.36. The highest BCUT2D eigenvalue weighted by molar-refractivity contribution is 7.22. The zero-order valence-corrected chi connectivity index (χ0v) is 13.3. The van der Waals surface area contributed by atoms with Gasteiger partial charge in [-0.25, -0.2) is 4.98 Å². The van der Waals surface area contributed by atoms with E-state index in [4.69, 9.17) is 5.73 Å². The second kappa shape index (κ2) is 5.04. The molecule has 3 aromatic rings. The normalized spacial score (nSPS) is 11.8. The van der Waals surface area contributed by atoms with Gasteiger partial charge in [0.2, 0.25) is 0 Å². The van der Waals surface area contributed by atoms with Gasteiger partial charge in [0.1, 0.15) is 0 Å². The standard InChI is InChI=1S/C17H19N3S/c1-17(2,3)12-6-4-5-7-13(12)19-16-20-14-9-8-11(18)10-15(14)21-16/h4-10H,18H2,1-3H3,(H,19,20). The van der Waals surface area contributed by atoms with E-state index in [1.165, 1.54) is 5.56 Å². The summed E-state index contributed by atoms with van der Waals surface area (Å²) in [5, 5.41) is 4.35. The third kappa shape index (κ3) is 2.85. The maximum absolute atomic E-state index is 5.83. The van der Waals surface area contributed by atoms with Crippen molar-refractivity contribution in [1.82, 2.24) is 4.98 Å². The number of nitrogens with two attached hydrogens (primary N) is 1. The van der Waals surface area contributed by atoms with Crippen LogP contribution in [0, 0.1) is 0 Å². The van der Waals surface area contributed by atoms with Gasteiger partial charge in [0.25, 0.3) is 0 Å². The summed E-state index contributed by atoms with van der Waals surface area (Å²) < 4.78 is 1.10. The Bertz CT molecular complexity index is 784. The Morgan fingerprint density at radius 2 is 1.86 bits per heavy atom. The Kier molecular flexibility index (Phi) is 3.33. The molecule has 0 saturated carbocycles. The molecule has 0 saturated heterocycles. The van der Waals surface area contributed by atoms with Crippen LogP contribution in [0.1, 0.15) is 26.3 Å². The van der Waals surface area contributed by atoms with E-state index in [2.05, 4.69) is 49.3 Å². The molecule has 0 aliphatic carbocycles. The number of fused-ring (bicyclic) bond motifs is 1. The van der Waals surface area contributed by atoms with Crippen LogP contribution < -0.4 is 11.1 Å². The monoisotopic (exact) mass is 297 g/mol. The highest BCUT2D eigenvalue weighted by Crippen LogP contribution is 2.34. The molecule has 1 aromatic heterocycles. The molecule has 3 rings (SSSR count). The van der Waals surface area contributed by atoms with Gasteiger partial charge < -0.3 is 11.1 Å². The number of benzene rings is 2. The number of aromatic nitrogens is 1. The predicted molar refractivity (Wildman–Crippen MR) is 92.5 cm³/mol. The van der Waals surface area contributed by atoms with E-state index in [9.17, 15) is 0 Å². The average Bonchev–Trinajstić information content (AvgIpc) is 2.79. The van der Waals surface area contributed by atoms with Crippen LogP contribution >= 0.6 is 11.3 Å². The molecule has 21 heavy (non-hydrogen) atoms. The minimum atomic E-state index is 0.0880. The molecule has 0 bridgehead atoms. The van der Waals surface area contributed by atoms with Gasteiger partial charge in [0.05, 0.1) is 10.2 Å². The minimum absolute atomic E-state index is 0.0880. The van der Waals surface area contributed by atoms with E-state index in [1.54, 1.807) is 11.3 Å². The predicted octanol–water partition coefficient (Wildman–Crippen LogP) is 4.92. The van der Waals surface area contributed by atoms with Crippen LogP contribution in [0.25, 0.3) is 10.2 Å². The highest BCUT2D eigenvalue weighted by atomic mass is 32.1. The molecular weight excluding hydrogens is 278 g/mol. The van der Waals surface area contributed by atoms with Crippen LogP contribution in [-0.4, -0.2) is 4.98 Å². The summed E-state index contributed by atoms with van der Waals surface area (Å²) in [4.78, 5) is 4.62. The Morgan fingerprint density at radius 1 is 1.10 bits per heavy atom. The lowest BCUT2D eigenvalue weighted by atomic mass is 9.86. The van der Waals surface area contributed by atoms with E-state index in [-0.39, 0.29) is 5.41 Å². The lowest BCUT2D eigenvalue weighted by Gasteiger charge is -2.22. The highest BCUT2D eigenvalue weighted by Gasteiger charge is 2.18. The molecule has 0 fully saturated rings. The average molecular weight is 297 g/mol. The SMILES string of the molecule is CC(C)(C)c1ccccc1Nc1nc2ccc(N)cc2s1. The van der Waals surface area contributed by atoms with Gasteiger partial charge in [0.15, 0.2) is 5.13 Å². The molecule has 0 amide bonds. The summed E-state index contributed by atoms with van der Waals surface area (Å²) in [6, 6.07) is 14.2. The summed E-state index contributed by atoms with van der Waals surface area (Å²) >= 11 is 1.62. The second-order valence-corrected chi connectivity index (χ2v) is 7.20. The van der Waals surface area contributed by atoms with Crippen LogP contribution in [-0.2, 0) is 5.41 Å². The number of rotatable bonds is 2. The largest absolute Gasteiger partial charge is 0.399 e. The number of thiazole rings is 1. The summed E-state index contributed by atoms with van der Waals surface area (Å²) in [5.74, 6) is 0. The molecule has 0 atom stereocenters. The van der Waals surface area contributed by atoms with Gasteiger partial charge in [-0.3, -0.25) is 0 Å². The zero-order chi connectivity index (χ0) is 15.0. The van der Waals surface area contributed by atoms with Crippen LogP contribution in [0.2, 0.25) is 0 Å². The first-order valence-electron chi connectivity index (χ1n) is 6.96. The topological polar surface area (TPSA) is 50.9 Å². The fraction of sp³-hybridized carbons (Fsp3) is 0.235. The van der Waals surface area contributed by atoms with Crippen LogP contribution in [0.15, 0.2) is 42.5 Å². The number of hydrogen-bond donors (Lipinski definition) is 2. The number of hydrogen-bond acceptors (Lipinski definition) is 4. The van der Waals surface area contributed by atoms with E-state index >= 15 is 0 Å². The number of nitrogen functional groups attached to an aromatic ring is 1. The number of para-hydroxylation sites is 1. The molecule has 0 radical (unpaired) electrons. The van der Waals surface area contributed by atoms with Crippen molar-refractivity contribution in [3.63, 3.8) is 0 Å². The summed E-state index contributed by atoms with van der Waals surface area (Å²) in [5.41, 5.74) is 10.1. The third-order valence-electron chi connectivity index (χ3n) is 3.39. The second-order valence-electron chi connectivity index (χ2n) is 6.17. The smallest absolute Gasteiger partial charge is 0.188 e. The van der Waals surface area contributed by atoms with Crippen molar-refractivity contribution in [2.24, 2.45) is 0 Å². The fourth-order valence-corrected chi connectivity index (χ4v) is 3.28. The molecule has 0 spiro atoms. The Morgan fingerprint density at radius 3 is 2.62 bits per heavy atom. The van der Waals surface area contributed by atoms with E-state index in [0.29, 0.717) is 0 Å². The Balaban J connectivity index is 1.99. The minimum Gasteiger partial charge on any atom is -0.399 e. The molecule has 2 aromatic carbocycles. The molecular formula is C17H19N3S. The van der Waals surface area contributed by atoms with Crippen molar-refractivity contribution >= 4 is 38.1 Å². The maximum atomic E-state index is 5.83. The number of anilines is 3. The lowest BCUT2D eigenvalue weighted by molar-refractivity contribution is 0.592. The third-order valence-corrected chi connectivity index (χ3v) is 4.32. The van der Waals surface area contributed by atoms with Crippen molar-refractivity contribution in [1.29, 1.82) is 0 Å².